The minimum atomic E-state index is -1.30. The zero-order valence-electron chi connectivity index (χ0n) is 10.1. The van der Waals surface area contributed by atoms with Crippen LogP contribution in [0.15, 0.2) is 0 Å². The molecule has 98 valence electrons. The standard InChI is InChI=1S/C12H19IO4/c1-2-16-10(14)11-5-3-6-12(11,15)17-9(8-13)4-7-11/h9,15H,2-8H2,1H3. The Morgan fingerprint density at radius 3 is 2.94 bits per heavy atom. The molecule has 3 atom stereocenters. The van der Waals surface area contributed by atoms with E-state index in [2.05, 4.69) is 22.6 Å². The minimum absolute atomic E-state index is 0.0567. The Labute approximate surface area is 115 Å². The zero-order chi connectivity index (χ0) is 12.5. The zero-order valence-corrected chi connectivity index (χ0v) is 12.2. The van der Waals surface area contributed by atoms with Gasteiger partial charge in [-0.25, -0.2) is 0 Å². The molecular weight excluding hydrogens is 335 g/mol. The lowest BCUT2D eigenvalue weighted by molar-refractivity contribution is -0.298. The lowest BCUT2D eigenvalue weighted by atomic mass is 9.74. The average Bonchev–Trinajstić information content (AvgIpc) is 2.66. The number of alkyl halides is 1. The number of fused-ring (bicyclic) bond motifs is 1. The summed E-state index contributed by atoms with van der Waals surface area (Å²) >= 11 is 2.25. The molecule has 1 aliphatic heterocycles. The van der Waals surface area contributed by atoms with E-state index in [0.717, 1.165) is 17.3 Å². The first-order valence-corrected chi connectivity index (χ1v) is 7.74. The maximum atomic E-state index is 12.1. The van der Waals surface area contributed by atoms with E-state index < -0.39 is 11.2 Å². The molecule has 2 fully saturated rings. The summed E-state index contributed by atoms with van der Waals surface area (Å²) in [6, 6.07) is 0. The van der Waals surface area contributed by atoms with Crippen LogP contribution in [0.25, 0.3) is 0 Å². The third kappa shape index (κ3) is 2.10. The smallest absolute Gasteiger partial charge is 0.317 e. The Morgan fingerprint density at radius 2 is 2.29 bits per heavy atom. The maximum Gasteiger partial charge on any atom is 0.317 e. The molecular formula is C12H19IO4. The van der Waals surface area contributed by atoms with E-state index in [1.54, 1.807) is 6.92 Å². The molecule has 0 aromatic heterocycles. The van der Waals surface area contributed by atoms with Gasteiger partial charge in [0, 0.05) is 10.8 Å². The number of carbonyl (C=O) groups is 1. The fourth-order valence-electron chi connectivity index (χ4n) is 3.04. The van der Waals surface area contributed by atoms with Crippen LogP contribution >= 0.6 is 22.6 Å². The third-order valence-electron chi connectivity index (χ3n) is 3.96. The van der Waals surface area contributed by atoms with Gasteiger partial charge in [0.1, 0.15) is 5.41 Å². The first-order chi connectivity index (χ1) is 8.08. The van der Waals surface area contributed by atoms with Crippen molar-refractivity contribution in [2.75, 3.05) is 11.0 Å². The number of carbonyl (C=O) groups excluding carboxylic acids is 1. The summed E-state index contributed by atoms with van der Waals surface area (Å²) in [4.78, 5) is 12.1. The van der Waals surface area contributed by atoms with Gasteiger partial charge in [0.15, 0.2) is 5.79 Å². The Kier molecular flexibility index (Phi) is 3.99. The molecule has 0 amide bonds. The second kappa shape index (κ2) is 5.01. The average molecular weight is 354 g/mol. The molecule has 2 aliphatic rings. The fraction of sp³-hybridized carbons (Fsp3) is 0.917. The second-order valence-electron chi connectivity index (χ2n) is 4.87. The van der Waals surface area contributed by atoms with Crippen LogP contribution in [-0.2, 0) is 14.3 Å². The summed E-state index contributed by atoms with van der Waals surface area (Å²) in [5.74, 6) is -1.58. The van der Waals surface area contributed by atoms with Gasteiger partial charge in [0.25, 0.3) is 0 Å². The van der Waals surface area contributed by atoms with E-state index in [-0.39, 0.29) is 12.1 Å². The monoisotopic (exact) mass is 354 g/mol. The summed E-state index contributed by atoms with van der Waals surface area (Å²) < 4.78 is 11.8. The van der Waals surface area contributed by atoms with E-state index in [1.807, 2.05) is 0 Å². The summed E-state index contributed by atoms with van der Waals surface area (Å²) in [6.45, 7) is 2.15. The topological polar surface area (TPSA) is 55.8 Å². The van der Waals surface area contributed by atoms with Crippen molar-refractivity contribution in [3.63, 3.8) is 0 Å². The SMILES string of the molecule is CCOC(=O)C12CCCC1(O)OC(CI)CC2. The first kappa shape index (κ1) is 13.5. The molecule has 17 heavy (non-hydrogen) atoms. The van der Waals surface area contributed by atoms with Crippen molar-refractivity contribution in [3.8, 4) is 0 Å². The van der Waals surface area contributed by atoms with Gasteiger partial charge in [0.2, 0.25) is 0 Å². The Balaban J connectivity index is 2.23. The highest BCUT2D eigenvalue weighted by Gasteiger charge is 2.63. The molecule has 2 rings (SSSR count). The number of ether oxygens (including phenoxy) is 2. The van der Waals surface area contributed by atoms with Crippen LogP contribution in [0.4, 0.5) is 0 Å². The molecule has 5 heteroatoms. The van der Waals surface area contributed by atoms with Crippen molar-refractivity contribution in [2.45, 2.75) is 50.9 Å². The lowest BCUT2D eigenvalue weighted by Crippen LogP contribution is -2.57. The molecule has 0 radical (unpaired) electrons. The summed E-state index contributed by atoms with van der Waals surface area (Å²) in [7, 11) is 0. The van der Waals surface area contributed by atoms with Gasteiger partial charge in [-0.15, -0.1) is 0 Å². The summed E-state index contributed by atoms with van der Waals surface area (Å²) in [6.07, 6.45) is 3.60. The largest absolute Gasteiger partial charge is 0.465 e. The van der Waals surface area contributed by atoms with Gasteiger partial charge in [0.05, 0.1) is 12.7 Å². The van der Waals surface area contributed by atoms with Crippen LogP contribution in [0.2, 0.25) is 0 Å². The van der Waals surface area contributed by atoms with Gasteiger partial charge < -0.3 is 14.6 Å². The quantitative estimate of drug-likeness (QED) is 0.479. The van der Waals surface area contributed by atoms with E-state index >= 15 is 0 Å². The summed E-state index contributed by atoms with van der Waals surface area (Å²) in [5, 5.41) is 10.6. The van der Waals surface area contributed by atoms with Crippen molar-refractivity contribution in [3.05, 3.63) is 0 Å². The number of halogens is 1. The van der Waals surface area contributed by atoms with Gasteiger partial charge in [-0.1, -0.05) is 22.6 Å². The van der Waals surface area contributed by atoms with Gasteiger partial charge in [-0.05, 0) is 32.6 Å². The van der Waals surface area contributed by atoms with Crippen molar-refractivity contribution in [2.24, 2.45) is 5.41 Å². The Hall–Kier alpha value is 0.120. The number of hydrogen-bond acceptors (Lipinski definition) is 4. The van der Waals surface area contributed by atoms with Crippen LogP contribution < -0.4 is 0 Å². The summed E-state index contributed by atoms with van der Waals surface area (Å²) in [5.41, 5.74) is -0.814. The van der Waals surface area contributed by atoms with Crippen LogP contribution in [0.3, 0.4) is 0 Å². The number of rotatable bonds is 3. The van der Waals surface area contributed by atoms with E-state index in [1.165, 1.54) is 0 Å². The fourth-order valence-corrected chi connectivity index (χ4v) is 3.66. The minimum Gasteiger partial charge on any atom is -0.465 e. The molecule has 0 spiro atoms. The van der Waals surface area contributed by atoms with Crippen LogP contribution in [0.1, 0.15) is 39.0 Å². The van der Waals surface area contributed by atoms with Gasteiger partial charge in [-0.3, -0.25) is 4.79 Å². The molecule has 1 saturated carbocycles. The Morgan fingerprint density at radius 1 is 1.53 bits per heavy atom. The maximum absolute atomic E-state index is 12.1. The molecule has 0 aromatic carbocycles. The highest BCUT2D eigenvalue weighted by molar-refractivity contribution is 14.1. The predicted octanol–water partition coefficient (Wildman–Crippen LogP) is 2.02. The Bertz CT molecular complexity index is 309. The highest BCUT2D eigenvalue weighted by Crippen LogP contribution is 2.54. The number of aliphatic hydroxyl groups is 1. The predicted molar refractivity (Wildman–Crippen MR) is 70.9 cm³/mol. The van der Waals surface area contributed by atoms with Crippen LogP contribution in [0, 0.1) is 5.41 Å². The molecule has 1 saturated heterocycles. The molecule has 0 bridgehead atoms. The highest BCUT2D eigenvalue weighted by atomic mass is 127. The van der Waals surface area contributed by atoms with Crippen LogP contribution in [0.5, 0.6) is 0 Å². The number of esters is 1. The van der Waals surface area contributed by atoms with Crippen molar-refractivity contribution in [1.82, 2.24) is 0 Å². The molecule has 3 unspecified atom stereocenters. The van der Waals surface area contributed by atoms with Crippen LogP contribution in [-0.4, -0.2) is 34.0 Å². The second-order valence-corrected chi connectivity index (χ2v) is 5.75. The van der Waals surface area contributed by atoms with E-state index in [0.29, 0.717) is 25.9 Å². The third-order valence-corrected chi connectivity index (χ3v) is 4.94. The van der Waals surface area contributed by atoms with Crippen molar-refractivity contribution in [1.29, 1.82) is 0 Å². The van der Waals surface area contributed by atoms with Crippen molar-refractivity contribution < 1.29 is 19.4 Å². The lowest BCUT2D eigenvalue weighted by Gasteiger charge is -2.46. The number of hydrogen-bond donors (Lipinski definition) is 1. The molecule has 0 aromatic rings. The normalized spacial score (nSPS) is 41.0. The van der Waals surface area contributed by atoms with Gasteiger partial charge in [-0.2, -0.15) is 0 Å². The molecule has 4 nitrogen and oxygen atoms in total. The van der Waals surface area contributed by atoms with E-state index in [4.69, 9.17) is 9.47 Å². The van der Waals surface area contributed by atoms with Crippen molar-refractivity contribution >= 4 is 28.6 Å². The first-order valence-electron chi connectivity index (χ1n) is 6.21. The molecule has 1 N–H and O–H groups in total. The van der Waals surface area contributed by atoms with E-state index in [9.17, 15) is 9.90 Å². The van der Waals surface area contributed by atoms with Gasteiger partial charge >= 0.3 is 5.97 Å². The molecule has 1 heterocycles. The molecule has 1 aliphatic carbocycles.